The maximum absolute atomic E-state index is 11.8. The predicted octanol–water partition coefficient (Wildman–Crippen LogP) is 3.78. The number of aromatic nitrogens is 1. The first kappa shape index (κ1) is 15.3. The number of carbonyl (C=O) groups excluding carboxylic acids is 1. The second-order valence-electron chi connectivity index (χ2n) is 5.66. The van der Waals surface area contributed by atoms with Gasteiger partial charge in [-0.2, -0.15) is 0 Å². The Kier molecular flexibility index (Phi) is 4.78. The van der Waals surface area contributed by atoms with Gasteiger partial charge in [-0.3, -0.25) is 9.59 Å². The number of H-pyrrole nitrogens is 1. The molecule has 2 N–H and O–H groups in total. The average Bonchev–Trinajstić information content (AvgIpc) is 2.43. The van der Waals surface area contributed by atoms with Crippen molar-refractivity contribution >= 4 is 22.5 Å². The van der Waals surface area contributed by atoms with Crippen molar-refractivity contribution in [2.45, 2.75) is 46.0 Å². The number of aromatic amines is 1. The van der Waals surface area contributed by atoms with Crippen LogP contribution in [0.15, 0.2) is 29.1 Å². The molecule has 2 rings (SSSR count). The van der Waals surface area contributed by atoms with Gasteiger partial charge < -0.3 is 10.3 Å². The number of fused-ring (bicyclic) bond motifs is 1. The lowest BCUT2D eigenvalue weighted by Gasteiger charge is -2.11. The van der Waals surface area contributed by atoms with Crippen molar-refractivity contribution in [1.82, 2.24) is 4.98 Å². The van der Waals surface area contributed by atoms with Crippen LogP contribution in [-0.2, 0) is 4.79 Å². The molecule has 0 aliphatic carbocycles. The van der Waals surface area contributed by atoms with Crippen molar-refractivity contribution in [2.75, 3.05) is 5.32 Å². The first-order chi connectivity index (χ1) is 10.0. The Hall–Kier alpha value is -2.10. The van der Waals surface area contributed by atoms with Crippen molar-refractivity contribution in [1.29, 1.82) is 0 Å². The summed E-state index contributed by atoms with van der Waals surface area (Å²) in [4.78, 5) is 26.3. The topological polar surface area (TPSA) is 62.0 Å². The summed E-state index contributed by atoms with van der Waals surface area (Å²) in [6.07, 6.45) is 2.40. The third-order valence-electron chi connectivity index (χ3n) is 3.54. The van der Waals surface area contributed by atoms with Crippen molar-refractivity contribution in [3.63, 3.8) is 0 Å². The molecule has 1 aromatic carbocycles. The number of anilines is 1. The molecule has 0 unspecified atom stereocenters. The van der Waals surface area contributed by atoms with Crippen molar-refractivity contribution in [3.05, 3.63) is 40.2 Å². The van der Waals surface area contributed by atoms with Gasteiger partial charge in [0.25, 0.3) is 0 Å². The lowest BCUT2D eigenvalue weighted by Crippen LogP contribution is -2.12. The van der Waals surface area contributed by atoms with Crippen LogP contribution in [0.4, 0.5) is 5.69 Å². The van der Waals surface area contributed by atoms with Crippen LogP contribution in [0.5, 0.6) is 0 Å². The third kappa shape index (κ3) is 3.72. The smallest absolute Gasteiger partial charge is 0.248 e. The number of unbranched alkanes of at least 4 members (excludes halogenated alkanes) is 1. The fourth-order valence-electron chi connectivity index (χ4n) is 2.40. The van der Waals surface area contributed by atoms with Gasteiger partial charge in [-0.1, -0.05) is 33.3 Å². The zero-order valence-electron chi connectivity index (χ0n) is 12.8. The average molecular weight is 286 g/mol. The van der Waals surface area contributed by atoms with E-state index in [1.54, 1.807) is 6.07 Å². The Morgan fingerprint density at radius 2 is 2.05 bits per heavy atom. The van der Waals surface area contributed by atoms with Gasteiger partial charge in [0, 0.05) is 23.6 Å². The van der Waals surface area contributed by atoms with Crippen LogP contribution in [-0.4, -0.2) is 10.9 Å². The van der Waals surface area contributed by atoms with Gasteiger partial charge in [-0.05, 0) is 30.0 Å². The first-order valence-corrected chi connectivity index (χ1v) is 7.48. The van der Waals surface area contributed by atoms with E-state index in [9.17, 15) is 9.59 Å². The van der Waals surface area contributed by atoms with E-state index in [0.717, 1.165) is 35.0 Å². The normalized spacial score (nSPS) is 11.0. The summed E-state index contributed by atoms with van der Waals surface area (Å²) in [5.41, 5.74) is 2.40. The molecule has 0 aliphatic heterocycles. The molecule has 0 aliphatic rings. The molecule has 0 fully saturated rings. The van der Waals surface area contributed by atoms with E-state index in [2.05, 4.69) is 31.1 Å². The second kappa shape index (κ2) is 6.57. The zero-order valence-corrected chi connectivity index (χ0v) is 12.8. The molecule has 2 aromatic rings. The summed E-state index contributed by atoms with van der Waals surface area (Å²) in [7, 11) is 0. The van der Waals surface area contributed by atoms with E-state index >= 15 is 0 Å². The van der Waals surface area contributed by atoms with E-state index < -0.39 is 0 Å². The molecular weight excluding hydrogens is 264 g/mol. The summed E-state index contributed by atoms with van der Waals surface area (Å²) in [6.45, 7) is 6.19. The number of benzene rings is 1. The number of hydrogen-bond acceptors (Lipinski definition) is 2. The van der Waals surface area contributed by atoms with E-state index in [1.165, 1.54) is 0 Å². The Morgan fingerprint density at radius 3 is 2.71 bits per heavy atom. The Labute approximate surface area is 124 Å². The van der Waals surface area contributed by atoms with Crippen molar-refractivity contribution < 1.29 is 4.79 Å². The molecule has 0 saturated heterocycles. The number of rotatable bonds is 5. The first-order valence-electron chi connectivity index (χ1n) is 7.48. The molecule has 0 atom stereocenters. The van der Waals surface area contributed by atoms with Crippen LogP contribution in [0.3, 0.4) is 0 Å². The number of pyridine rings is 1. The van der Waals surface area contributed by atoms with Crippen molar-refractivity contribution in [2.24, 2.45) is 0 Å². The molecule has 0 saturated carbocycles. The van der Waals surface area contributed by atoms with Gasteiger partial charge in [0.05, 0.1) is 5.52 Å². The fraction of sp³-hybridized carbons (Fsp3) is 0.412. The molecule has 0 radical (unpaired) electrons. The molecule has 4 nitrogen and oxygen atoms in total. The van der Waals surface area contributed by atoms with Crippen LogP contribution in [0.2, 0.25) is 0 Å². The van der Waals surface area contributed by atoms with E-state index in [-0.39, 0.29) is 17.4 Å². The van der Waals surface area contributed by atoms with Crippen LogP contribution >= 0.6 is 0 Å². The quantitative estimate of drug-likeness (QED) is 0.878. The van der Waals surface area contributed by atoms with Crippen LogP contribution < -0.4 is 10.9 Å². The van der Waals surface area contributed by atoms with Gasteiger partial charge in [0.1, 0.15) is 0 Å². The molecule has 0 spiro atoms. The Bertz CT molecular complexity index is 701. The minimum atomic E-state index is -0.111. The minimum absolute atomic E-state index is 0.0126. The maximum atomic E-state index is 11.8. The largest absolute Gasteiger partial charge is 0.326 e. The third-order valence-corrected chi connectivity index (χ3v) is 3.54. The van der Waals surface area contributed by atoms with Gasteiger partial charge in [0.15, 0.2) is 0 Å². The molecule has 1 aromatic heterocycles. The van der Waals surface area contributed by atoms with E-state index in [4.69, 9.17) is 0 Å². The second-order valence-corrected chi connectivity index (χ2v) is 5.66. The molecule has 21 heavy (non-hydrogen) atoms. The Morgan fingerprint density at radius 1 is 1.29 bits per heavy atom. The van der Waals surface area contributed by atoms with Crippen LogP contribution in [0.25, 0.3) is 10.9 Å². The van der Waals surface area contributed by atoms with Gasteiger partial charge in [-0.25, -0.2) is 0 Å². The lowest BCUT2D eigenvalue weighted by molar-refractivity contribution is -0.116. The van der Waals surface area contributed by atoms with Gasteiger partial charge in [-0.15, -0.1) is 0 Å². The van der Waals surface area contributed by atoms with Crippen LogP contribution in [0, 0.1) is 0 Å². The molecule has 1 amide bonds. The summed E-state index contributed by atoms with van der Waals surface area (Å²) in [5.74, 6) is 0.290. The standard InChI is InChI=1S/C17H22N2O2/c1-4-5-6-16(20)18-12-7-8-13-14(11(2)3)10-17(21)19-15(13)9-12/h7-11H,4-6H2,1-3H3,(H,18,20)(H,19,21). The highest BCUT2D eigenvalue weighted by Gasteiger charge is 2.09. The summed E-state index contributed by atoms with van der Waals surface area (Å²) in [6, 6.07) is 7.31. The maximum Gasteiger partial charge on any atom is 0.248 e. The van der Waals surface area contributed by atoms with Crippen molar-refractivity contribution in [3.8, 4) is 0 Å². The molecule has 4 heteroatoms. The van der Waals surface area contributed by atoms with Gasteiger partial charge in [0.2, 0.25) is 11.5 Å². The number of carbonyl (C=O) groups is 1. The summed E-state index contributed by atoms with van der Waals surface area (Å²) < 4.78 is 0. The lowest BCUT2D eigenvalue weighted by atomic mass is 9.99. The summed E-state index contributed by atoms with van der Waals surface area (Å²) in [5, 5.41) is 3.90. The molecule has 1 heterocycles. The SMILES string of the molecule is CCCCC(=O)Nc1ccc2c(C(C)C)cc(=O)[nH]c2c1. The highest BCUT2D eigenvalue weighted by Crippen LogP contribution is 2.24. The predicted molar refractivity (Wildman–Crippen MR) is 86.8 cm³/mol. The zero-order chi connectivity index (χ0) is 15.4. The highest BCUT2D eigenvalue weighted by atomic mass is 16.1. The van der Waals surface area contributed by atoms with E-state index in [0.29, 0.717) is 6.42 Å². The number of nitrogens with one attached hydrogen (secondary N) is 2. The molecular formula is C17H22N2O2. The minimum Gasteiger partial charge on any atom is -0.326 e. The number of amides is 1. The fourth-order valence-corrected chi connectivity index (χ4v) is 2.40. The van der Waals surface area contributed by atoms with Crippen LogP contribution in [0.1, 0.15) is 51.5 Å². The number of hydrogen-bond donors (Lipinski definition) is 2. The molecule has 0 bridgehead atoms. The summed E-state index contributed by atoms with van der Waals surface area (Å²) >= 11 is 0. The van der Waals surface area contributed by atoms with Gasteiger partial charge >= 0.3 is 0 Å². The Balaban J connectivity index is 2.34. The molecule has 112 valence electrons. The monoisotopic (exact) mass is 286 g/mol. The highest BCUT2D eigenvalue weighted by molar-refractivity contribution is 5.94. The van der Waals surface area contributed by atoms with E-state index in [1.807, 2.05) is 18.2 Å².